The molecule has 0 unspecified atom stereocenters. The van der Waals surface area contributed by atoms with Gasteiger partial charge in [0.15, 0.2) is 0 Å². The highest BCUT2D eigenvalue weighted by atomic mass is 19.1. The maximum absolute atomic E-state index is 13.2. The van der Waals surface area contributed by atoms with Crippen LogP contribution in [0.5, 0.6) is 5.75 Å². The molecule has 7 heteroatoms. The monoisotopic (exact) mass is 413 g/mol. The zero-order valence-electron chi connectivity index (χ0n) is 16.9. The molecule has 5 rings (SSSR count). The Morgan fingerprint density at radius 1 is 1.13 bits per heavy atom. The number of H-pyrrole nitrogens is 1. The van der Waals surface area contributed by atoms with Crippen LogP contribution in [0.4, 0.5) is 4.39 Å². The van der Waals surface area contributed by atoms with Gasteiger partial charge in [0.05, 0.1) is 29.5 Å². The van der Waals surface area contributed by atoms with Crippen LogP contribution in [0.1, 0.15) is 17.0 Å². The molecule has 31 heavy (non-hydrogen) atoms. The molecule has 2 aromatic carbocycles. The number of nitrogens with one attached hydrogen (secondary N) is 1. The summed E-state index contributed by atoms with van der Waals surface area (Å²) in [6.07, 6.45) is 7.43. The molecule has 0 fully saturated rings. The quantitative estimate of drug-likeness (QED) is 0.423. The number of aromatic amines is 1. The van der Waals surface area contributed by atoms with E-state index in [-0.39, 0.29) is 5.82 Å². The lowest BCUT2D eigenvalue weighted by Crippen LogP contribution is -1.96. The third kappa shape index (κ3) is 4.02. The number of ether oxygens (including phenoxy) is 1. The summed E-state index contributed by atoms with van der Waals surface area (Å²) in [7, 11) is 0. The molecule has 5 aromatic rings. The Morgan fingerprint density at radius 3 is 2.97 bits per heavy atom. The number of fused-ring (bicyclic) bond motifs is 3. The minimum absolute atomic E-state index is 0.250. The van der Waals surface area contributed by atoms with Crippen molar-refractivity contribution in [3.63, 3.8) is 0 Å². The second-order valence-electron chi connectivity index (χ2n) is 7.33. The fourth-order valence-electron chi connectivity index (χ4n) is 3.59. The smallest absolute Gasteiger partial charge is 0.134 e. The normalized spacial score (nSPS) is 11.7. The number of hydrogen-bond donors (Lipinski definition) is 1. The molecule has 0 aliphatic carbocycles. The van der Waals surface area contributed by atoms with E-state index < -0.39 is 0 Å². The second kappa shape index (κ2) is 8.02. The number of pyridine rings is 1. The molecule has 0 atom stereocenters. The first kappa shape index (κ1) is 19.0. The van der Waals surface area contributed by atoms with Crippen molar-refractivity contribution >= 4 is 27.9 Å². The third-order valence-corrected chi connectivity index (χ3v) is 5.11. The van der Waals surface area contributed by atoms with E-state index in [1.54, 1.807) is 10.7 Å². The van der Waals surface area contributed by atoms with Gasteiger partial charge in [-0.2, -0.15) is 0 Å². The maximum Gasteiger partial charge on any atom is 0.134 e. The molecular weight excluding hydrogens is 393 g/mol. The topological polar surface area (TPSA) is 68.6 Å². The van der Waals surface area contributed by atoms with Crippen LogP contribution in [-0.2, 0) is 13.2 Å². The van der Waals surface area contributed by atoms with Gasteiger partial charge in [0.1, 0.15) is 23.9 Å². The summed E-state index contributed by atoms with van der Waals surface area (Å²) in [5.74, 6) is 0.505. The van der Waals surface area contributed by atoms with E-state index in [0.29, 0.717) is 13.2 Å². The van der Waals surface area contributed by atoms with Crippen molar-refractivity contribution in [3.8, 4) is 5.75 Å². The standard InChI is InChI=1S/C24H20FN5O/c1-16-24-22(9-10-26-16)21-8-7-20(13-23(21)27-24)31-15-19-14-30(29-28-19)11-3-5-17-4-2-6-18(25)12-17/h2-10,12-14,27H,11,15H2,1H3/b5-3+. The lowest BCUT2D eigenvalue weighted by atomic mass is 10.1. The fourth-order valence-corrected chi connectivity index (χ4v) is 3.59. The fraction of sp³-hybridized carbons (Fsp3) is 0.125. The average molecular weight is 413 g/mol. The largest absolute Gasteiger partial charge is 0.487 e. The number of allylic oxidation sites excluding steroid dienone is 1. The summed E-state index contributed by atoms with van der Waals surface area (Å²) in [5, 5.41) is 10.6. The van der Waals surface area contributed by atoms with Crippen LogP contribution in [0.15, 0.2) is 67.0 Å². The zero-order valence-corrected chi connectivity index (χ0v) is 16.9. The molecule has 0 bridgehead atoms. The van der Waals surface area contributed by atoms with Crippen molar-refractivity contribution in [2.45, 2.75) is 20.1 Å². The molecule has 154 valence electrons. The summed E-state index contributed by atoms with van der Waals surface area (Å²) in [5.41, 5.74) is 4.57. The van der Waals surface area contributed by atoms with Gasteiger partial charge in [0, 0.05) is 23.0 Å². The predicted molar refractivity (Wildman–Crippen MR) is 118 cm³/mol. The van der Waals surface area contributed by atoms with E-state index in [0.717, 1.165) is 44.5 Å². The first-order valence-electron chi connectivity index (χ1n) is 9.97. The van der Waals surface area contributed by atoms with Gasteiger partial charge in [-0.05, 0) is 42.8 Å². The van der Waals surface area contributed by atoms with Gasteiger partial charge in [-0.25, -0.2) is 9.07 Å². The van der Waals surface area contributed by atoms with Gasteiger partial charge in [-0.15, -0.1) is 5.10 Å². The van der Waals surface area contributed by atoms with Crippen molar-refractivity contribution in [2.24, 2.45) is 0 Å². The molecule has 0 amide bonds. The van der Waals surface area contributed by atoms with Crippen LogP contribution in [0.2, 0.25) is 0 Å². The highest BCUT2D eigenvalue weighted by Crippen LogP contribution is 2.29. The Hall–Kier alpha value is -4.00. The minimum atomic E-state index is -0.250. The van der Waals surface area contributed by atoms with Crippen molar-refractivity contribution in [1.82, 2.24) is 25.0 Å². The van der Waals surface area contributed by atoms with Gasteiger partial charge in [-0.1, -0.05) is 29.5 Å². The van der Waals surface area contributed by atoms with E-state index >= 15 is 0 Å². The van der Waals surface area contributed by atoms with Crippen LogP contribution < -0.4 is 4.74 Å². The number of halogens is 1. The Kier molecular flexibility index (Phi) is 4.92. The molecule has 0 aliphatic rings. The first-order chi connectivity index (χ1) is 15.2. The molecule has 6 nitrogen and oxygen atoms in total. The molecule has 0 aliphatic heterocycles. The molecular formula is C24H20FN5O. The minimum Gasteiger partial charge on any atom is -0.487 e. The average Bonchev–Trinajstić information content (AvgIpc) is 3.37. The highest BCUT2D eigenvalue weighted by molar-refractivity contribution is 6.08. The highest BCUT2D eigenvalue weighted by Gasteiger charge is 2.08. The summed E-state index contributed by atoms with van der Waals surface area (Å²) in [6.45, 7) is 2.85. The predicted octanol–water partition coefficient (Wildman–Crippen LogP) is 5.05. The number of hydrogen-bond acceptors (Lipinski definition) is 4. The van der Waals surface area contributed by atoms with Crippen LogP contribution in [0.3, 0.4) is 0 Å². The van der Waals surface area contributed by atoms with Crippen LogP contribution >= 0.6 is 0 Å². The van der Waals surface area contributed by atoms with Gasteiger partial charge in [-0.3, -0.25) is 4.98 Å². The molecule has 1 N–H and O–H groups in total. The van der Waals surface area contributed by atoms with Crippen molar-refractivity contribution < 1.29 is 9.13 Å². The summed E-state index contributed by atoms with van der Waals surface area (Å²) in [4.78, 5) is 7.77. The van der Waals surface area contributed by atoms with Gasteiger partial charge >= 0.3 is 0 Å². The number of benzene rings is 2. The van der Waals surface area contributed by atoms with E-state index in [4.69, 9.17) is 4.74 Å². The van der Waals surface area contributed by atoms with Gasteiger partial charge in [0.2, 0.25) is 0 Å². The van der Waals surface area contributed by atoms with E-state index in [9.17, 15) is 4.39 Å². The molecule has 0 spiro atoms. The summed E-state index contributed by atoms with van der Waals surface area (Å²) >= 11 is 0. The molecule has 0 saturated heterocycles. The van der Waals surface area contributed by atoms with Crippen molar-refractivity contribution in [2.75, 3.05) is 0 Å². The number of aromatic nitrogens is 5. The van der Waals surface area contributed by atoms with E-state index in [2.05, 4.69) is 26.3 Å². The van der Waals surface area contributed by atoms with E-state index in [1.165, 1.54) is 12.1 Å². The van der Waals surface area contributed by atoms with Gasteiger partial charge < -0.3 is 9.72 Å². The number of nitrogens with zero attached hydrogens (tertiary/aromatic N) is 4. The Morgan fingerprint density at radius 2 is 2.06 bits per heavy atom. The molecule has 3 aromatic heterocycles. The third-order valence-electron chi connectivity index (χ3n) is 5.11. The lowest BCUT2D eigenvalue weighted by molar-refractivity contribution is 0.301. The zero-order chi connectivity index (χ0) is 21.2. The molecule has 0 saturated carbocycles. The number of aryl methyl sites for hydroxylation is 1. The SMILES string of the molecule is Cc1nccc2c1[nH]c1cc(OCc3cn(C/C=C/c4cccc(F)c4)nn3)ccc12. The van der Waals surface area contributed by atoms with Crippen LogP contribution in [0, 0.1) is 12.7 Å². The van der Waals surface area contributed by atoms with Crippen LogP contribution in [0.25, 0.3) is 27.9 Å². The van der Waals surface area contributed by atoms with Crippen molar-refractivity contribution in [1.29, 1.82) is 0 Å². The van der Waals surface area contributed by atoms with Crippen molar-refractivity contribution in [3.05, 3.63) is 89.8 Å². The first-order valence-corrected chi connectivity index (χ1v) is 9.97. The number of rotatable bonds is 6. The Balaban J connectivity index is 1.24. The van der Waals surface area contributed by atoms with E-state index in [1.807, 2.05) is 55.7 Å². The summed E-state index contributed by atoms with van der Waals surface area (Å²) in [6, 6.07) is 14.5. The Bertz CT molecular complexity index is 1400. The lowest BCUT2D eigenvalue weighted by Gasteiger charge is -2.03. The maximum atomic E-state index is 13.2. The van der Waals surface area contributed by atoms with Gasteiger partial charge in [0.25, 0.3) is 0 Å². The molecule has 0 radical (unpaired) electrons. The molecule has 3 heterocycles. The Labute approximate surface area is 178 Å². The summed E-state index contributed by atoms with van der Waals surface area (Å²) < 4.78 is 20.9. The second-order valence-corrected chi connectivity index (χ2v) is 7.33. The van der Waals surface area contributed by atoms with Crippen LogP contribution in [-0.4, -0.2) is 25.0 Å².